The van der Waals surface area contributed by atoms with Crippen molar-refractivity contribution >= 4 is 38.9 Å². The number of carboxylic acid groups (broad SMARTS) is 1. The molecule has 8 heteroatoms. The van der Waals surface area contributed by atoms with E-state index in [4.69, 9.17) is 16.7 Å². The molecule has 1 aromatic carbocycles. The number of hydrogen-bond donors (Lipinski definition) is 1. The largest absolute Gasteiger partial charge is 0.477 e. The van der Waals surface area contributed by atoms with E-state index in [0.29, 0.717) is 42.3 Å². The lowest BCUT2D eigenvalue weighted by Gasteiger charge is -2.22. The predicted octanol–water partition coefficient (Wildman–Crippen LogP) is 5.10. The average Bonchev–Trinajstić information content (AvgIpc) is 3.14. The van der Waals surface area contributed by atoms with Crippen LogP contribution in [0.15, 0.2) is 36.4 Å². The quantitative estimate of drug-likeness (QED) is 0.454. The Morgan fingerprint density at radius 1 is 1.10 bits per heavy atom. The standard InChI is InChI=1S/C21H28ClNO4S2/c1-2-3-15-29(26,27)23(13-5-8-17-7-4-9-18(22)16-17)14-6-10-19-11-12-20(28-19)21(24)25/h4,7,9,11-12,16H,2-3,5-6,8,10,13-15H2,1H3,(H,24,25). The summed E-state index contributed by atoms with van der Waals surface area (Å²) in [5.74, 6) is -0.755. The second-order valence-electron chi connectivity index (χ2n) is 6.98. The van der Waals surface area contributed by atoms with Gasteiger partial charge in [-0.05, 0) is 61.9 Å². The van der Waals surface area contributed by atoms with Gasteiger partial charge in [0, 0.05) is 23.0 Å². The minimum absolute atomic E-state index is 0.169. The molecule has 160 valence electrons. The number of aryl methyl sites for hydroxylation is 2. The van der Waals surface area contributed by atoms with Crippen LogP contribution in [-0.4, -0.2) is 42.6 Å². The number of hydrogen-bond acceptors (Lipinski definition) is 4. The minimum Gasteiger partial charge on any atom is -0.477 e. The molecule has 1 heterocycles. The summed E-state index contributed by atoms with van der Waals surface area (Å²) in [7, 11) is -3.29. The molecule has 1 aromatic heterocycles. The maximum absolute atomic E-state index is 12.8. The number of thiophene rings is 1. The summed E-state index contributed by atoms with van der Waals surface area (Å²) in [6.45, 7) is 2.90. The zero-order valence-electron chi connectivity index (χ0n) is 16.6. The molecule has 5 nitrogen and oxygen atoms in total. The van der Waals surface area contributed by atoms with Crippen LogP contribution >= 0.6 is 22.9 Å². The fourth-order valence-corrected chi connectivity index (χ4v) is 5.88. The first-order valence-electron chi connectivity index (χ1n) is 9.86. The van der Waals surface area contributed by atoms with Crippen LogP contribution in [0.5, 0.6) is 0 Å². The Morgan fingerprint density at radius 3 is 2.45 bits per heavy atom. The Balaban J connectivity index is 1.93. The first-order valence-corrected chi connectivity index (χ1v) is 12.7. The van der Waals surface area contributed by atoms with E-state index in [2.05, 4.69) is 0 Å². The van der Waals surface area contributed by atoms with Gasteiger partial charge in [0.25, 0.3) is 0 Å². The number of benzene rings is 1. The highest BCUT2D eigenvalue weighted by Crippen LogP contribution is 2.19. The maximum atomic E-state index is 12.8. The molecule has 0 spiro atoms. The summed E-state index contributed by atoms with van der Waals surface area (Å²) in [5.41, 5.74) is 1.10. The molecule has 0 unspecified atom stereocenters. The summed E-state index contributed by atoms with van der Waals surface area (Å²) in [6, 6.07) is 11.0. The number of nitrogens with zero attached hydrogens (tertiary/aromatic N) is 1. The van der Waals surface area contributed by atoms with Crippen LogP contribution < -0.4 is 0 Å². The van der Waals surface area contributed by atoms with Crippen LogP contribution in [0.3, 0.4) is 0 Å². The topological polar surface area (TPSA) is 74.7 Å². The van der Waals surface area contributed by atoms with E-state index in [-0.39, 0.29) is 5.75 Å². The first-order chi connectivity index (χ1) is 13.8. The van der Waals surface area contributed by atoms with Crippen molar-refractivity contribution in [2.75, 3.05) is 18.8 Å². The van der Waals surface area contributed by atoms with Crippen molar-refractivity contribution in [3.05, 3.63) is 56.7 Å². The van der Waals surface area contributed by atoms with Gasteiger partial charge < -0.3 is 5.11 Å². The monoisotopic (exact) mass is 457 g/mol. The number of sulfonamides is 1. The maximum Gasteiger partial charge on any atom is 0.345 e. The van der Waals surface area contributed by atoms with Crippen molar-refractivity contribution in [2.24, 2.45) is 0 Å². The number of halogens is 1. The Morgan fingerprint density at radius 2 is 1.83 bits per heavy atom. The van der Waals surface area contributed by atoms with Gasteiger partial charge in [0.1, 0.15) is 4.88 Å². The van der Waals surface area contributed by atoms with Crippen LogP contribution in [0.25, 0.3) is 0 Å². The van der Waals surface area contributed by atoms with Gasteiger partial charge in [-0.3, -0.25) is 0 Å². The number of carboxylic acids is 1. The summed E-state index contributed by atoms with van der Waals surface area (Å²) < 4.78 is 27.1. The van der Waals surface area contributed by atoms with Crippen LogP contribution in [0, 0.1) is 0 Å². The summed E-state index contributed by atoms with van der Waals surface area (Å²) in [6.07, 6.45) is 4.33. The van der Waals surface area contributed by atoms with Gasteiger partial charge in [-0.15, -0.1) is 11.3 Å². The highest BCUT2D eigenvalue weighted by atomic mass is 35.5. The Kier molecular flexibility index (Phi) is 9.62. The highest BCUT2D eigenvalue weighted by molar-refractivity contribution is 7.89. The molecular formula is C21H28ClNO4S2. The molecule has 0 atom stereocenters. The lowest BCUT2D eigenvalue weighted by Crippen LogP contribution is -2.35. The SMILES string of the molecule is CCCCS(=O)(=O)N(CCCc1cccc(Cl)c1)CCCc1ccc(C(=O)O)s1. The van der Waals surface area contributed by atoms with Crippen molar-refractivity contribution in [1.29, 1.82) is 0 Å². The van der Waals surface area contributed by atoms with Crippen molar-refractivity contribution < 1.29 is 18.3 Å². The molecule has 0 aliphatic rings. The molecule has 0 aliphatic carbocycles. The molecule has 0 bridgehead atoms. The lowest BCUT2D eigenvalue weighted by molar-refractivity contribution is 0.0702. The summed E-state index contributed by atoms with van der Waals surface area (Å²) >= 11 is 7.27. The normalized spacial score (nSPS) is 11.8. The number of rotatable bonds is 13. The molecule has 0 saturated carbocycles. The van der Waals surface area contributed by atoms with Gasteiger partial charge >= 0.3 is 5.97 Å². The summed E-state index contributed by atoms with van der Waals surface area (Å²) in [4.78, 5) is 12.3. The van der Waals surface area contributed by atoms with Crippen molar-refractivity contribution in [2.45, 2.75) is 45.4 Å². The minimum atomic E-state index is -3.29. The smallest absolute Gasteiger partial charge is 0.345 e. The molecule has 0 aliphatic heterocycles. The fourth-order valence-electron chi connectivity index (χ4n) is 3.05. The molecule has 29 heavy (non-hydrogen) atoms. The van der Waals surface area contributed by atoms with Gasteiger partial charge in [-0.2, -0.15) is 0 Å². The second kappa shape index (κ2) is 11.7. The van der Waals surface area contributed by atoms with E-state index in [9.17, 15) is 13.2 Å². The van der Waals surface area contributed by atoms with Crippen molar-refractivity contribution in [3.8, 4) is 0 Å². The zero-order chi connectivity index (χ0) is 21.3. The van der Waals surface area contributed by atoms with E-state index in [0.717, 1.165) is 29.7 Å². The van der Waals surface area contributed by atoms with Crippen molar-refractivity contribution in [3.63, 3.8) is 0 Å². The zero-order valence-corrected chi connectivity index (χ0v) is 19.0. The fraction of sp³-hybridized carbons (Fsp3) is 0.476. The second-order valence-corrected chi connectivity index (χ2v) is 10.7. The van der Waals surface area contributed by atoms with Gasteiger partial charge in [0.15, 0.2) is 0 Å². The van der Waals surface area contributed by atoms with Crippen LogP contribution in [0.4, 0.5) is 0 Å². The van der Waals surface area contributed by atoms with Crippen LogP contribution in [0.1, 0.15) is 52.7 Å². The predicted molar refractivity (Wildman–Crippen MR) is 120 cm³/mol. The van der Waals surface area contributed by atoms with Crippen LogP contribution in [-0.2, 0) is 22.9 Å². The van der Waals surface area contributed by atoms with Gasteiger partial charge in [0.05, 0.1) is 5.75 Å². The Bertz CT molecular complexity index is 896. The summed E-state index contributed by atoms with van der Waals surface area (Å²) in [5, 5.41) is 9.71. The van der Waals surface area contributed by atoms with E-state index in [1.54, 1.807) is 10.4 Å². The molecule has 0 saturated heterocycles. The third-order valence-electron chi connectivity index (χ3n) is 4.61. The van der Waals surface area contributed by atoms with E-state index in [1.165, 1.54) is 11.3 Å². The third kappa shape index (κ3) is 8.09. The number of aromatic carboxylic acids is 1. The van der Waals surface area contributed by atoms with E-state index < -0.39 is 16.0 Å². The van der Waals surface area contributed by atoms with Gasteiger partial charge in [-0.1, -0.05) is 37.1 Å². The van der Waals surface area contributed by atoms with E-state index in [1.807, 2.05) is 37.3 Å². The van der Waals surface area contributed by atoms with E-state index >= 15 is 0 Å². The Labute approximate surface area is 182 Å². The lowest BCUT2D eigenvalue weighted by atomic mass is 10.1. The highest BCUT2D eigenvalue weighted by Gasteiger charge is 2.21. The van der Waals surface area contributed by atoms with Gasteiger partial charge in [0.2, 0.25) is 10.0 Å². The molecule has 0 amide bonds. The molecular weight excluding hydrogens is 430 g/mol. The Hall–Kier alpha value is -1.41. The molecule has 0 fully saturated rings. The first kappa shape index (κ1) is 23.9. The third-order valence-corrected chi connectivity index (χ3v) is 7.94. The van der Waals surface area contributed by atoms with Crippen LogP contribution in [0.2, 0.25) is 5.02 Å². The molecule has 0 radical (unpaired) electrons. The van der Waals surface area contributed by atoms with Crippen molar-refractivity contribution in [1.82, 2.24) is 4.31 Å². The number of unbranched alkanes of at least 4 members (excludes halogenated alkanes) is 1. The molecule has 2 aromatic rings. The average molecular weight is 458 g/mol. The molecule has 2 rings (SSSR count). The van der Waals surface area contributed by atoms with Gasteiger partial charge in [-0.25, -0.2) is 17.5 Å². The molecule has 1 N–H and O–H groups in total. The number of carbonyl (C=O) groups is 1.